The molecule has 1 unspecified atom stereocenters. The van der Waals surface area contributed by atoms with Crippen LogP contribution in [0.5, 0.6) is 0 Å². The van der Waals surface area contributed by atoms with Crippen molar-refractivity contribution in [2.75, 3.05) is 32.1 Å². The topological polar surface area (TPSA) is 88.9 Å². The van der Waals surface area contributed by atoms with Crippen molar-refractivity contribution in [3.05, 3.63) is 28.2 Å². The summed E-state index contributed by atoms with van der Waals surface area (Å²) >= 11 is 11.9. The molecule has 1 fully saturated rings. The van der Waals surface area contributed by atoms with Crippen LogP contribution in [-0.4, -0.2) is 50.6 Å². The summed E-state index contributed by atoms with van der Waals surface area (Å²) in [6.45, 7) is 0.999. The summed E-state index contributed by atoms with van der Waals surface area (Å²) in [5.41, 5.74) is 0.402. The Morgan fingerprint density at radius 1 is 1.42 bits per heavy atom. The van der Waals surface area contributed by atoms with E-state index in [1.165, 1.54) is 7.11 Å². The van der Waals surface area contributed by atoms with E-state index in [-0.39, 0.29) is 24.8 Å². The standard InChI is InChI=1S/C15H17Cl2N3O4/c1-24-14(22)7-12-15(23)18-4-5-20(12)8-13(21)19-11-6-9(16)2-3-10(11)17/h2-3,6,12H,4-5,7-8H2,1H3,(H,18,23)(H,19,21)/p+1/t12-/m0/s1. The largest absolute Gasteiger partial charge is 0.469 e. The Balaban J connectivity index is 2.03. The summed E-state index contributed by atoms with van der Waals surface area (Å²) in [5, 5.41) is 6.18. The van der Waals surface area contributed by atoms with Gasteiger partial charge in [0.05, 0.1) is 30.9 Å². The van der Waals surface area contributed by atoms with E-state index in [0.29, 0.717) is 33.7 Å². The number of hydrogen-bond acceptors (Lipinski definition) is 4. The Morgan fingerprint density at radius 2 is 2.17 bits per heavy atom. The molecule has 2 amide bonds. The average molecular weight is 375 g/mol. The van der Waals surface area contributed by atoms with Crippen LogP contribution in [0.1, 0.15) is 6.42 Å². The average Bonchev–Trinajstić information content (AvgIpc) is 2.54. The van der Waals surface area contributed by atoms with Gasteiger partial charge in [0.1, 0.15) is 6.42 Å². The van der Waals surface area contributed by atoms with Gasteiger partial charge in [-0.05, 0) is 18.2 Å². The van der Waals surface area contributed by atoms with Crippen LogP contribution in [-0.2, 0) is 19.1 Å². The number of piperazine rings is 1. The fourth-order valence-corrected chi connectivity index (χ4v) is 2.86. The molecule has 1 saturated heterocycles. The second kappa shape index (κ2) is 8.32. The molecule has 24 heavy (non-hydrogen) atoms. The summed E-state index contributed by atoms with van der Waals surface area (Å²) < 4.78 is 4.61. The van der Waals surface area contributed by atoms with Crippen LogP contribution in [0, 0.1) is 0 Å². The second-order valence-electron chi connectivity index (χ2n) is 5.38. The lowest BCUT2D eigenvalue weighted by atomic mass is 10.1. The molecule has 0 radical (unpaired) electrons. The van der Waals surface area contributed by atoms with Crippen molar-refractivity contribution in [3.63, 3.8) is 0 Å². The minimum Gasteiger partial charge on any atom is -0.469 e. The zero-order valence-corrected chi connectivity index (χ0v) is 14.5. The van der Waals surface area contributed by atoms with Gasteiger partial charge in [-0.1, -0.05) is 23.2 Å². The van der Waals surface area contributed by atoms with E-state index < -0.39 is 12.0 Å². The molecule has 130 valence electrons. The van der Waals surface area contributed by atoms with Crippen LogP contribution < -0.4 is 15.5 Å². The SMILES string of the molecule is COC(=O)C[C@H]1C(=O)NCC[NH+]1CC(=O)Nc1cc(Cl)ccc1Cl. The number of anilines is 1. The van der Waals surface area contributed by atoms with Crippen LogP contribution in [0.25, 0.3) is 0 Å². The van der Waals surface area contributed by atoms with Gasteiger partial charge in [-0.15, -0.1) is 0 Å². The summed E-state index contributed by atoms with van der Waals surface area (Å²) in [4.78, 5) is 36.4. The summed E-state index contributed by atoms with van der Waals surface area (Å²) in [6, 6.07) is 4.09. The third-order valence-electron chi connectivity index (χ3n) is 3.74. The smallest absolute Gasteiger partial charge is 0.312 e. The third-order valence-corrected chi connectivity index (χ3v) is 4.31. The number of esters is 1. The second-order valence-corrected chi connectivity index (χ2v) is 6.22. The number of benzene rings is 1. The maximum atomic E-state index is 12.3. The Hall–Kier alpha value is -1.83. The summed E-state index contributed by atoms with van der Waals surface area (Å²) in [5.74, 6) is -1.08. The van der Waals surface area contributed by atoms with Gasteiger partial charge in [0.2, 0.25) is 0 Å². The number of quaternary nitrogens is 1. The van der Waals surface area contributed by atoms with Crippen LogP contribution >= 0.6 is 23.2 Å². The lowest BCUT2D eigenvalue weighted by molar-refractivity contribution is -0.909. The van der Waals surface area contributed by atoms with Crippen molar-refractivity contribution in [1.29, 1.82) is 0 Å². The lowest BCUT2D eigenvalue weighted by Crippen LogP contribution is -3.20. The first-order chi connectivity index (χ1) is 11.4. The molecule has 3 N–H and O–H groups in total. The number of nitrogens with one attached hydrogen (secondary N) is 3. The van der Waals surface area contributed by atoms with Gasteiger partial charge in [0.25, 0.3) is 11.8 Å². The predicted molar refractivity (Wildman–Crippen MR) is 89.2 cm³/mol. The van der Waals surface area contributed by atoms with Crippen molar-refractivity contribution in [1.82, 2.24) is 5.32 Å². The first-order valence-electron chi connectivity index (χ1n) is 7.34. The molecule has 0 spiro atoms. The number of hydrogen-bond donors (Lipinski definition) is 3. The zero-order valence-electron chi connectivity index (χ0n) is 13.0. The first kappa shape index (κ1) is 18.5. The van der Waals surface area contributed by atoms with Gasteiger partial charge in [-0.25, -0.2) is 0 Å². The van der Waals surface area contributed by atoms with Crippen molar-refractivity contribution in [2.45, 2.75) is 12.5 Å². The predicted octanol–water partition coefficient (Wildman–Crippen LogP) is -0.122. The monoisotopic (exact) mass is 374 g/mol. The zero-order chi connectivity index (χ0) is 17.7. The highest BCUT2D eigenvalue weighted by Crippen LogP contribution is 2.25. The molecule has 2 rings (SSSR count). The van der Waals surface area contributed by atoms with Gasteiger partial charge in [-0.2, -0.15) is 0 Å². The first-order valence-corrected chi connectivity index (χ1v) is 8.10. The number of carbonyl (C=O) groups is 3. The lowest BCUT2D eigenvalue weighted by Gasteiger charge is -2.30. The van der Waals surface area contributed by atoms with Crippen LogP contribution in [0.2, 0.25) is 10.0 Å². The summed E-state index contributed by atoms with van der Waals surface area (Å²) in [7, 11) is 1.26. The van der Waals surface area contributed by atoms with Gasteiger partial charge in [0, 0.05) is 5.02 Å². The molecule has 9 heteroatoms. The number of carbonyl (C=O) groups excluding carboxylic acids is 3. The molecule has 7 nitrogen and oxygen atoms in total. The highest BCUT2D eigenvalue weighted by molar-refractivity contribution is 6.35. The van der Waals surface area contributed by atoms with Gasteiger partial charge in [0.15, 0.2) is 12.6 Å². The Labute approximate surface area is 149 Å². The number of ether oxygens (including phenoxy) is 1. The molecular weight excluding hydrogens is 357 g/mol. The fraction of sp³-hybridized carbons (Fsp3) is 0.400. The van der Waals surface area contributed by atoms with E-state index in [2.05, 4.69) is 15.4 Å². The Morgan fingerprint density at radius 3 is 2.88 bits per heavy atom. The Bertz CT molecular complexity index is 654. The molecule has 1 aromatic carbocycles. The maximum absolute atomic E-state index is 12.3. The van der Waals surface area contributed by atoms with E-state index in [1.54, 1.807) is 18.2 Å². The van der Waals surface area contributed by atoms with Gasteiger partial charge < -0.3 is 20.3 Å². The molecule has 1 heterocycles. The van der Waals surface area contributed by atoms with Crippen molar-refractivity contribution in [2.24, 2.45) is 0 Å². The molecule has 0 bridgehead atoms. The minimum atomic E-state index is -0.660. The summed E-state index contributed by atoms with van der Waals surface area (Å²) in [6.07, 6.45) is -0.0805. The van der Waals surface area contributed by atoms with E-state index >= 15 is 0 Å². The molecule has 0 saturated carbocycles. The van der Waals surface area contributed by atoms with E-state index in [4.69, 9.17) is 23.2 Å². The number of methoxy groups -OCH3 is 1. The maximum Gasteiger partial charge on any atom is 0.312 e. The fourth-order valence-electron chi connectivity index (χ4n) is 2.52. The number of rotatable bonds is 5. The van der Waals surface area contributed by atoms with E-state index in [9.17, 15) is 14.4 Å². The van der Waals surface area contributed by atoms with Crippen LogP contribution in [0.3, 0.4) is 0 Å². The number of halogens is 2. The van der Waals surface area contributed by atoms with Gasteiger partial charge in [-0.3, -0.25) is 14.4 Å². The molecule has 1 aromatic rings. The molecule has 2 atom stereocenters. The quantitative estimate of drug-likeness (QED) is 0.626. The molecule has 0 aromatic heterocycles. The highest BCUT2D eigenvalue weighted by Gasteiger charge is 2.36. The molecule has 0 aliphatic carbocycles. The minimum absolute atomic E-state index is 0.0257. The van der Waals surface area contributed by atoms with E-state index in [0.717, 1.165) is 0 Å². The molecule has 1 aliphatic heterocycles. The number of amides is 2. The third kappa shape index (κ3) is 4.83. The molecule has 1 aliphatic rings. The normalized spacial score (nSPS) is 20.2. The van der Waals surface area contributed by atoms with Crippen LogP contribution in [0.4, 0.5) is 5.69 Å². The van der Waals surface area contributed by atoms with Crippen molar-refractivity contribution in [3.8, 4) is 0 Å². The highest BCUT2D eigenvalue weighted by atomic mass is 35.5. The molecular formula is C15H18Cl2N3O4+. The van der Waals surface area contributed by atoms with Crippen molar-refractivity contribution >= 4 is 46.7 Å². The van der Waals surface area contributed by atoms with Crippen LogP contribution in [0.15, 0.2) is 18.2 Å². The van der Waals surface area contributed by atoms with E-state index in [1.807, 2.05) is 0 Å². The van der Waals surface area contributed by atoms with Gasteiger partial charge >= 0.3 is 5.97 Å². The van der Waals surface area contributed by atoms with Crippen molar-refractivity contribution < 1.29 is 24.0 Å². The Kier molecular flexibility index (Phi) is 6.42.